The molecule has 1 N–H and O–H groups in total. The van der Waals surface area contributed by atoms with Crippen molar-refractivity contribution in [2.75, 3.05) is 27.6 Å². The van der Waals surface area contributed by atoms with E-state index in [9.17, 15) is 9.59 Å². The Morgan fingerprint density at radius 2 is 1.94 bits per heavy atom. The summed E-state index contributed by atoms with van der Waals surface area (Å²) in [6, 6.07) is 9.01. The van der Waals surface area contributed by atoms with Gasteiger partial charge in [-0.3, -0.25) is 9.59 Å². The first-order valence-corrected chi connectivity index (χ1v) is 10.0. The SMILES string of the molecule is CCn1cc(C(=O)NCCc2cccc(OC)c2OC)c(=O)c2cc3c(cc21)OCO3. The zero-order chi connectivity index (χ0) is 22.0. The maximum Gasteiger partial charge on any atom is 0.256 e. The number of methoxy groups -OCH3 is 2. The minimum Gasteiger partial charge on any atom is -0.493 e. The lowest BCUT2D eigenvalue weighted by Crippen LogP contribution is -2.31. The fourth-order valence-electron chi connectivity index (χ4n) is 3.76. The lowest BCUT2D eigenvalue weighted by Gasteiger charge is -2.14. The number of carbonyl (C=O) groups is 1. The summed E-state index contributed by atoms with van der Waals surface area (Å²) >= 11 is 0. The summed E-state index contributed by atoms with van der Waals surface area (Å²) in [4.78, 5) is 25.9. The molecule has 0 unspecified atom stereocenters. The average molecular weight is 424 g/mol. The molecule has 0 aliphatic carbocycles. The molecule has 8 heteroatoms. The number of carbonyl (C=O) groups excluding carboxylic acids is 1. The Morgan fingerprint density at radius 3 is 2.65 bits per heavy atom. The van der Waals surface area contributed by atoms with E-state index in [1.807, 2.05) is 29.7 Å². The lowest BCUT2D eigenvalue weighted by molar-refractivity contribution is 0.0952. The number of nitrogens with one attached hydrogen (secondary N) is 1. The second-order valence-corrected chi connectivity index (χ2v) is 7.04. The molecule has 0 atom stereocenters. The number of para-hydroxylation sites is 1. The number of aromatic nitrogens is 1. The van der Waals surface area contributed by atoms with Crippen LogP contribution in [0.3, 0.4) is 0 Å². The third-order valence-electron chi connectivity index (χ3n) is 5.32. The highest BCUT2D eigenvalue weighted by atomic mass is 16.7. The van der Waals surface area contributed by atoms with Crippen molar-refractivity contribution in [2.24, 2.45) is 0 Å². The van der Waals surface area contributed by atoms with Gasteiger partial charge in [-0.05, 0) is 31.0 Å². The van der Waals surface area contributed by atoms with Gasteiger partial charge in [-0.15, -0.1) is 0 Å². The topological polar surface area (TPSA) is 88.0 Å². The average Bonchev–Trinajstić information content (AvgIpc) is 3.25. The minimum atomic E-state index is -0.423. The molecule has 2 aromatic carbocycles. The molecule has 0 saturated carbocycles. The largest absolute Gasteiger partial charge is 0.493 e. The van der Waals surface area contributed by atoms with Crippen molar-refractivity contribution in [2.45, 2.75) is 19.9 Å². The van der Waals surface area contributed by atoms with Crippen molar-refractivity contribution >= 4 is 16.8 Å². The van der Waals surface area contributed by atoms with E-state index in [1.165, 1.54) is 0 Å². The summed E-state index contributed by atoms with van der Waals surface area (Å²) in [5.41, 5.74) is 1.36. The van der Waals surface area contributed by atoms with Crippen molar-refractivity contribution < 1.29 is 23.7 Å². The molecule has 0 spiro atoms. The summed E-state index contributed by atoms with van der Waals surface area (Å²) in [5, 5.41) is 3.27. The molecule has 1 aliphatic heterocycles. The number of rotatable bonds is 7. The number of hydrogen-bond acceptors (Lipinski definition) is 6. The van der Waals surface area contributed by atoms with Gasteiger partial charge in [0.25, 0.3) is 5.91 Å². The molecule has 2 heterocycles. The minimum absolute atomic E-state index is 0.0887. The molecule has 8 nitrogen and oxygen atoms in total. The molecule has 4 rings (SSSR count). The van der Waals surface area contributed by atoms with E-state index < -0.39 is 5.91 Å². The number of amides is 1. The Labute approximate surface area is 179 Å². The number of pyridine rings is 1. The highest BCUT2D eigenvalue weighted by Gasteiger charge is 2.20. The Hall–Kier alpha value is -3.68. The normalized spacial score (nSPS) is 12.1. The quantitative estimate of drug-likeness (QED) is 0.628. The zero-order valence-electron chi connectivity index (χ0n) is 17.7. The Kier molecular flexibility index (Phi) is 5.70. The van der Waals surface area contributed by atoms with Crippen LogP contribution in [0.5, 0.6) is 23.0 Å². The first-order valence-electron chi connectivity index (χ1n) is 10.0. The van der Waals surface area contributed by atoms with Crippen LogP contribution in [0.1, 0.15) is 22.8 Å². The first kappa shape index (κ1) is 20.6. The van der Waals surface area contributed by atoms with Crippen molar-refractivity contribution in [3.05, 3.63) is 57.9 Å². The number of aryl methyl sites for hydroxylation is 1. The van der Waals surface area contributed by atoms with Crippen molar-refractivity contribution in [3.8, 4) is 23.0 Å². The van der Waals surface area contributed by atoms with Crippen LogP contribution in [-0.2, 0) is 13.0 Å². The van der Waals surface area contributed by atoms with Crippen molar-refractivity contribution in [1.82, 2.24) is 9.88 Å². The van der Waals surface area contributed by atoms with E-state index in [4.69, 9.17) is 18.9 Å². The maximum absolute atomic E-state index is 13.0. The molecule has 0 saturated heterocycles. The predicted molar refractivity (Wildman–Crippen MR) is 116 cm³/mol. The van der Waals surface area contributed by atoms with Crippen LogP contribution in [0.15, 0.2) is 41.3 Å². The summed E-state index contributed by atoms with van der Waals surface area (Å²) in [6.45, 7) is 3.00. The number of nitrogens with zero attached hydrogens (tertiary/aromatic N) is 1. The fraction of sp³-hybridized carbons (Fsp3) is 0.304. The summed E-state index contributed by atoms with van der Waals surface area (Å²) < 4.78 is 23.4. The third-order valence-corrected chi connectivity index (χ3v) is 5.32. The molecule has 0 bridgehead atoms. The lowest BCUT2D eigenvalue weighted by atomic mass is 10.1. The second kappa shape index (κ2) is 8.59. The third kappa shape index (κ3) is 3.76. The number of ether oxygens (including phenoxy) is 4. The fourth-order valence-corrected chi connectivity index (χ4v) is 3.76. The smallest absolute Gasteiger partial charge is 0.256 e. The van der Waals surface area contributed by atoms with E-state index in [1.54, 1.807) is 32.5 Å². The molecule has 1 aromatic heterocycles. The zero-order valence-corrected chi connectivity index (χ0v) is 17.7. The van der Waals surface area contributed by atoms with Crippen LogP contribution in [0.25, 0.3) is 10.9 Å². The van der Waals surface area contributed by atoms with Gasteiger partial charge < -0.3 is 28.8 Å². The second-order valence-electron chi connectivity index (χ2n) is 7.04. The Morgan fingerprint density at radius 1 is 1.16 bits per heavy atom. The molecule has 0 fully saturated rings. The van der Waals surface area contributed by atoms with E-state index in [0.717, 1.165) is 5.56 Å². The van der Waals surface area contributed by atoms with Gasteiger partial charge in [0.15, 0.2) is 23.0 Å². The number of benzene rings is 2. The highest BCUT2D eigenvalue weighted by molar-refractivity contribution is 5.97. The van der Waals surface area contributed by atoms with E-state index in [-0.39, 0.29) is 17.8 Å². The van der Waals surface area contributed by atoms with Crippen LogP contribution in [0, 0.1) is 0 Å². The van der Waals surface area contributed by atoms with Crippen LogP contribution in [0.2, 0.25) is 0 Å². The van der Waals surface area contributed by atoms with Gasteiger partial charge in [0.2, 0.25) is 12.2 Å². The molecule has 162 valence electrons. The molecular weight excluding hydrogens is 400 g/mol. The highest BCUT2D eigenvalue weighted by Crippen LogP contribution is 2.35. The predicted octanol–water partition coefficient (Wildman–Crippen LogP) is 2.74. The van der Waals surface area contributed by atoms with E-state index in [0.29, 0.717) is 53.4 Å². The summed E-state index contributed by atoms with van der Waals surface area (Å²) in [5.74, 6) is 1.95. The first-order chi connectivity index (χ1) is 15.1. The molecule has 1 amide bonds. The van der Waals surface area contributed by atoms with Crippen LogP contribution in [0.4, 0.5) is 0 Å². The molecule has 3 aromatic rings. The summed E-state index contributed by atoms with van der Waals surface area (Å²) in [7, 11) is 3.15. The number of hydrogen-bond donors (Lipinski definition) is 1. The molecular formula is C23H24N2O6. The van der Waals surface area contributed by atoms with Crippen molar-refractivity contribution in [1.29, 1.82) is 0 Å². The van der Waals surface area contributed by atoms with Crippen LogP contribution in [-0.4, -0.2) is 38.0 Å². The molecule has 0 radical (unpaired) electrons. The van der Waals surface area contributed by atoms with E-state index in [2.05, 4.69) is 5.32 Å². The van der Waals surface area contributed by atoms with Gasteiger partial charge >= 0.3 is 0 Å². The van der Waals surface area contributed by atoms with Crippen molar-refractivity contribution in [3.63, 3.8) is 0 Å². The molecule has 1 aliphatic rings. The van der Waals surface area contributed by atoms with E-state index >= 15 is 0 Å². The standard InChI is InChI=1S/C23H24N2O6/c1-4-25-12-16(21(26)15-10-19-20(11-17(15)25)31-13-30-19)23(27)24-9-8-14-6-5-7-18(28-2)22(14)29-3/h5-7,10-12H,4,8-9,13H2,1-3H3,(H,24,27). The number of fused-ring (bicyclic) bond motifs is 2. The van der Waals surface area contributed by atoms with Gasteiger partial charge in [-0.2, -0.15) is 0 Å². The molecule has 31 heavy (non-hydrogen) atoms. The van der Waals surface area contributed by atoms with Gasteiger partial charge in [0.05, 0.1) is 25.1 Å². The Balaban J connectivity index is 1.58. The van der Waals surface area contributed by atoms with Crippen LogP contribution < -0.4 is 29.7 Å². The summed E-state index contributed by atoms with van der Waals surface area (Å²) in [6.07, 6.45) is 2.12. The van der Waals surface area contributed by atoms with Gasteiger partial charge in [-0.25, -0.2) is 0 Å². The maximum atomic E-state index is 13.0. The van der Waals surface area contributed by atoms with Crippen LogP contribution >= 0.6 is 0 Å². The monoisotopic (exact) mass is 424 g/mol. The van der Waals surface area contributed by atoms with Gasteiger partial charge in [0, 0.05) is 25.4 Å². The Bertz CT molecular complexity index is 1200. The van der Waals surface area contributed by atoms with Gasteiger partial charge in [0.1, 0.15) is 5.56 Å². The van der Waals surface area contributed by atoms with Gasteiger partial charge in [-0.1, -0.05) is 12.1 Å².